The third kappa shape index (κ3) is 18.9. The van der Waals surface area contributed by atoms with Gasteiger partial charge < -0.3 is 70.8 Å². The lowest BCUT2D eigenvalue weighted by molar-refractivity contribution is -0.384. The number of aromatic amines is 1. The van der Waals surface area contributed by atoms with Crippen molar-refractivity contribution in [2.24, 2.45) is 4.99 Å². The van der Waals surface area contributed by atoms with Crippen molar-refractivity contribution in [3.8, 4) is 0 Å². The molecule has 564 valence electrons. The zero-order valence-corrected chi connectivity index (χ0v) is 58.9. The first kappa shape index (κ1) is 77.7. The Labute approximate surface area is 625 Å². The van der Waals surface area contributed by atoms with Gasteiger partial charge in [0.1, 0.15) is 57.9 Å². The first-order valence-corrected chi connectivity index (χ1v) is 33.7. The molecule has 0 spiro atoms. The second-order valence-corrected chi connectivity index (χ2v) is 24.3. The van der Waals surface area contributed by atoms with Crippen LogP contribution in [0.1, 0.15) is 47.2 Å². The number of nitro groups is 2. The van der Waals surface area contributed by atoms with E-state index in [-0.39, 0.29) is 80.6 Å². The average Bonchev–Trinajstić information content (AvgIpc) is 1.51. The summed E-state index contributed by atoms with van der Waals surface area (Å²) in [4.78, 5) is 159. The first-order chi connectivity index (χ1) is 53.9. The number of aliphatic imine (C=N–C) groups is 1. The average molecular weight is 1520 g/mol. The highest BCUT2D eigenvalue weighted by molar-refractivity contribution is 6.03. The third-order valence-corrected chi connectivity index (χ3v) is 16.9. The summed E-state index contributed by atoms with van der Waals surface area (Å²) in [5.74, 6) is -1.40. The van der Waals surface area contributed by atoms with Gasteiger partial charge in [-0.1, -0.05) is 24.3 Å². The highest BCUT2D eigenvalue weighted by Gasteiger charge is 2.26. The van der Waals surface area contributed by atoms with Crippen molar-refractivity contribution in [3.63, 3.8) is 0 Å². The number of rotatable bonds is 12. The number of carbonyl (C=O) groups is 5. The van der Waals surface area contributed by atoms with E-state index in [1.165, 1.54) is 77.9 Å². The van der Waals surface area contributed by atoms with Crippen LogP contribution in [0.25, 0.3) is 87.7 Å². The molecule has 2 aliphatic heterocycles. The smallest absolute Gasteiger partial charge is 0.336 e. The summed E-state index contributed by atoms with van der Waals surface area (Å²) >= 11 is 0. The van der Waals surface area contributed by atoms with Crippen molar-refractivity contribution in [3.05, 3.63) is 315 Å². The van der Waals surface area contributed by atoms with Gasteiger partial charge in [-0.25, -0.2) is 33.6 Å². The van der Waals surface area contributed by atoms with E-state index in [0.29, 0.717) is 57.3 Å². The minimum Gasteiger partial charge on any atom is -0.425 e. The van der Waals surface area contributed by atoms with E-state index < -0.39 is 45.0 Å². The summed E-state index contributed by atoms with van der Waals surface area (Å²) in [5, 5.41) is 31.5. The number of anilines is 2. The Morgan fingerprint density at radius 3 is 1.46 bits per heavy atom. The van der Waals surface area contributed by atoms with Gasteiger partial charge in [0.25, 0.3) is 17.7 Å². The number of carbonyl (C=O) groups excluding carboxylic acids is 5. The Bertz CT molecular complexity index is 6660. The van der Waals surface area contributed by atoms with Gasteiger partial charge in [-0.2, -0.15) is 0 Å². The van der Waals surface area contributed by atoms with Crippen LogP contribution < -0.4 is 50.4 Å². The topological polar surface area (TPSA) is 468 Å². The fourth-order valence-corrected chi connectivity index (χ4v) is 12.0. The minimum atomic E-state index is -1.30. The number of fused-ring (bicyclic) bond motifs is 13. The number of hydrogen-bond donors (Lipinski definition) is 3. The Kier molecular flexibility index (Phi) is 24.5. The standard InChI is InChI=1S/C15H13NO8.C11H7NO5.C11H9NO3.C11H9NO2.2C11H7NO2.C11H8O3/c1-8(17)22-14(23-9(2)18)7-10-3-5-12-11(15(10)16(20)21)4-6-13(19)24-12;13-6-5-7-1-3-9-8(11(7)12(15)16)2-4-10(14)17-9;12-11-7(5-6-13)1-3-9-8(11)2-4-10(14)15-9;3*13-10-4-2-8-9(14-10)3-1-7-5-6-12-11(7)8;12-6-5-8-1-3-10-9(7-8)2-4-11(13)14-10/h3-6,14H,7H2,1-2H3;1-4,6H,5H2;1-4,6H,5,12H2;1-4,12H,5-6H2;1-4,6H,5H2;1-6,12H;1-4,6-7H,5H2. The van der Waals surface area contributed by atoms with Crippen LogP contribution in [0.15, 0.2) is 258 Å². The van der Waals surface area contributed by atoms with Crippen molar-refractivity contribution in [1.82, 2.24) is 4.98 Å². The third-order valence-electron chi connectivity index (χ3n) is 16.9. The maximum atomic E-state index is 11.4. The number of benzene rings is 7. The van der Waals surface area contributed by atoms with Crippen LogP contribution in [0.4, 0.5) is 28.4 Å². The highest BCUT2D eigenvalue weighted by atomic mass is 16.7. The van der Waals surface area contributed by atoms with Crippen LogP contribution in [0.3, 0.4) is 0 Å². The number of aromatic nitrogens is 1. The van der Waals surface area contributed by atoms with Crippen LogP contribution in [0, 0.1) is 20.2 Å². The number of hydrogen-bond acceptors (Lipinski definition) is 28. The van der Waals surface area contributed by atoms with Crippen LogP contribution in [-0.4, -0.2) is 64.7 Å². The molecular formula is C81H60N6O25. The summed E-state index contributed by atoms with van der Waals surface area (Å²) in [7, 11) is 0. The molecule has 10 heterocycles. The molecule has 0 saturated heterocycles. The van der Waals surface area contributed by atoms with Crippen molar-refractivity contribution < 1.29 is 74.2 Å². The highest BCUT2D eigenvalue weighted by Crippen LogP contribution is 2.35. The van der Waals surface area contributed by atoms with Gasteiger partial charge in [-0.15, -0.1) is 0 Å². The molecule has 0 bridgehead atoms. The Morgan fingerprint density at radius 2 is 0.893 bits per heavy atom. The molecule has 0 unspecified atom stereocenters. The molecule has 0 atom stereocenters. The van der Waals surface area contributed by atoms with Crippen molar-refractivity contribution in [1.29, 1.82) is 0 Å². The monoisotopic (exact) mass is 1520 g/mol. The van der Waals surface area contributed by atoms with Gasteiger partial charge >= 0.3 is 51.3 Å². The Balaban J connectivity index is 0.000000130. The summed E-state index contributed by atoms with van der Waals surface area (Å²) < 4.78 is 44.6. The number of aldehydes is 3. The Hall–Kier alpha value is -15.4. The predicted molar refractivity (Wildman–Crippen MR) is 411 cm³/mol. The summed E-state index contributed by atoms with van der Waals surface area (Å²) in [6.45, 7) is 3.22. The van der Waals surface area contributed by atoms with Gasteiger partial charge in [0.05, 0.1) is 38.2 Å². The van der Waals surface area contributed by atoms with Gasteiger partial charge in [0, 0.05) is 156 Å². The molecule has 7 aromatic carbocycles. The molecule has 112 heavy (non-hydrogen) atoms. The fourth-order valence-electron chi connectivity index (χ4n) is 12.0. The molecule has 4 N–H and O–H groups in total. The van der Waals surface area contributed by atoms with Gasteiger partial charge in [0.2, 0.25) is 0 Å². The number of esters is 2. The lowest BCUT2D eigenvalue weighted by Crippen LogP contribution is -2.25. The van der Waals surface area contributed by atoms with Crippen LogP contribution in [-0.2, 0) is 72.0 Å². The molecule has 0 amide bonds. The van der Waals surface area contributed by atoms with E-state index in [1.54, 1.807) is 48.5 Å². The van der Waals surface area contributed by atoms with E-state index in [1.807, 2.05) is 67.0 Å². The predicted octanol–water partition coefficient (Wildman–Crippen LogP) is 11.9. The zero-order valence-electron chi connectivity index (χ0n) is 58.9. The Morgan fingerprint density at radius 1 is 0.473 bits per heavy atom. The molecule has 17 rings (SSSR count). The maximum Gasteiger partial charge on any atom is 0.336 e. The lowest BCUT2D eigenvalue weighted by Gasteiger charge is -2.16. The molecular weight excluding hydrogens is 1460 g/mol. The molecule has 0 fully saturated rings. The van der Waals surface area contributed by atoms with Crippen LogP contribution >= 0.6 is 0 Å². The van der Waals surface area contributed by atoms with Crippen molar-refractivity contribution in [2.45, 2.75) is 58.7 Å². The lowest BCUT2D eigenvalue weighted by atomic mass is 10.1. The molecule has 0 radical (unpaired) electrons. The molecule has 0 aliphatic carbocycles. The SMILES string of the molecule is CC(=O)OC(Cc1ccc2oc(=O)ccc2c1[N+](=O)[O-])OC(C)=O.Nc1c(CC=O)ccc2oc(=O)ccc12.O=CCc1ccc2oc(=O)ccc2c1.O=CCc1ccc2oc(=O)ccc2c1[N+](=O)[O-].O=c1ccc2c(ccc3cc[nH]c32)o1.O=c1ccc2c3c(ccc2o1)CC=N3.O=c1ccc2c3c(ccc2o1)CCN3. The summed E-state index contributed by atoms with van der Waals surface area (Å²) in [6, 6.07) is 48.1. The van der Waals surface area contributed by atoms with Crippen molar-refractivity contribution in [2.75, 3.05) is 17.6 Å². The van der Waals surface area contributed by atoms with E-state index in [0.717, 1.165) is 113 Å². The number of nitrogens with two attached hydrogens (primary N) is 1. The number of nitrogens with zero attached hydrogens (tertiary/aromatic N) is 3. The normalized spacial score (nSPS) is 11.3. The van der Waals surface area contributed by atoms with E-state index in [9.17, 15) is 77.8 Å². The number of nitrogens with one attached hydrogen (secondary N) is 2. The largest absolute Gasteiger partial charge is 0.425 e. The van der Waals surface area contributed by atoms with Crippen LogP contribution in [0.5, 0.6) is 0 Å². The van der Waals surface area contributed by atoms with Gasteiger partial charge in [-0.05, 0) is 144 Å². The van der Waals surface area contributed by atoms with Gasteiger partial charge in [0.15, 0.2) is 0 Å². The zero-order chi connectivity index (χ0) is 79.7. The number of nitro benzene ring substituents is 2. The quantitative estimate of drug-likeness (QED) is 0.0194. The molecule has 8 aromatic heterocycles. The number of ether oxygens (including phenoxy) is 2. The summed E-state index contributed by atoms with van der Waals surface area (Å²) in [5.41, 5.74) is 13.6. The molecule has 2 aliphatic rings. The molecule has 31 heteroatoms. The molecule has 0 saturated carbocycles. The molecule has 31 nitrogen and oxygen atoms in total. The minimum absolute atomic E-state index is 0.0502. The van der Waals surface area contributed by atoms with Crippen molar-refractivity contribution >= 4 is 153 Å². The summed E-state index contributed by atoms with van der Waals surface area (Å²) in [6.07, 6.45) is 6.96. The van der Waals surface area contributed by atoms with E-state index in [2.05, 4.69) is 15.3 Å². The number of nitrogen functional groups attached to an aromatic ring is 1. The first-order valence-electron chi connectivity index (χ1n) is 33.7. The second kappa shape index (κ2) is 35.3. The number of H-pyrrole nitrogens is 1. The molecule has 15 aromatic rings. The fraction of sp³-hybridized carbons (Fsp3) is 0.123. The van der Waals surface area contributed by atoms with E-state index >= 15 is 0 Å². The second-order valence-electron chi connectivity index (χ2n) is 24.3. The van der Waals surface area contributed by atoms with Gasteiger partial charge in [-0.3, -0.25) is 34.8 Å². The maximum absolute atomic E-state index is 11.4. The van der Waals surface area contributed by atoms with Crippen LogP contribution in [0.2, 0.25) is 0 Å². The van der Waals surface area contributed by atoms with E-state index in [4.69, 9.17) is 46.1 Å².